The summed E-state index contributed by atoms with van der Waals surface area (Å²) in [5, 5.41) is 22.7. The van der Waals surface area contributed by atoms with Crippen molar-refractivity contribution in [3.05, 3.63) is 68.7 Å². The normalized spacial score (nSPS) is 11.5. The van der Waals surface area contributed by atoms with Crippen molar-refractivity contribution in [2.24, 2.45) is 0 Å². The van der Waals surface area contributed by atoms with Gasteiger partial charge in [0, 0.05) is 12.1 Å². The van der Waals surface area contributed by atoms with E-state index in [0.717, 1.165) is 12.5 Å². The highest BCUT2D eigenvalue weighted by Crippen LogP contribution is 2.25. The molecule has 0 saturated carbocycles. The summed E-state index contributed by atoms with van der Waals surface area (Å²) < 4.78 is 5.49. The molecule has 8 nitrogen and oxygen atoms in total. The second-order valence-corrected chi connectivity index (χ2v) is 6.37. The Labute approximate surface area is 166 Å². The summed E-state index contributed by atoms with van der Waals surface area (Å²) in [5.74, 6) is -1.18. The Morgan fingerprint density at radius 3 is 2.50 bits per heavy atom. The number of rotatable bonds is 9. The van der Waals surface area contributed by atoms with Gasteiger partial charge in [0.2, 0.25) is 0 Å². The molecular weight excluding hydrogens is 388 g/mol. The number of nitro benzene ring substituents is 1. The lowest BCUT2D eigenvalue weighted by molar-refractivity contribution is -0.384. The fraction of sp³-hybridized carbons (Fsp3) is 0.263. The number of hydrogen-bond donors (Lipinski definition) is 2. The minimum absolute atomic E-state index is 0.0282. The van der Waals surface area contributed by atoms with Crippen LogP contribution < -0.4 is 10.1 Å². The van der Waals surface area contributed by atoms with Gasteiger partial charge in [-0.25, -0.2) is 0 Å². The summed E-state index contributed by atoms with van der Waals surface area (Å²) in [6.45, 7) is 2.53. The SMILES string of the molecule is CCCOc1ccc([C@@H](CC(=O)O)NC(=O)c2cc([N+](=O)[O-])ccc2Cl)cc1. The number of halogens is 1. The van der Waals surface area contributed by atoms with Crippen molar-refractivity contribution in [1.82, 2.24) is 5.32 Å². The van der Waals surface area contributed by atoms with Gasteiger partial charge in [-0.05, 0) is 30.2 Å². The molecular formula is C19H19ClN2O6. The first kappa shape index (κ1) is 21.2. The van der Waals surface area contributed by atoms with E-state index in [2.05, 4.69) is 5.32 Å². The van der Waals surface area contributed by atoms with Gasteiger partial charge in [-0.1, -0.05) is 30.7 Å². The monoisotopic (exact) mass is 406 g/mol. The van der Waals surface area contributed by atoms with E-state index in [9.17, 15) is 24.8 Å². The van der Waals surface area contributed by atoms with Gasteiger partial charge in [-0.3, -0.25) is 19.7 Å². The average molecular weight is 407 g/mol. The van der Waals surface area contributed by atoms with Crippen molar-refractivity contribution in [1.29, 1.82) is 0 Å². The highest BCUT2D eigenvalue weighted by atomic mass is 35.5. The molecule has 9 heteroatoms. The van der Waals surface area contributed by atoms with Crippen LogP contribution in [0, 0.1) is 10.1 Å². The molecule has 0 saturated heterocycles. The molecule has 0 aliphatic heterocycles. The van der Waals surface area contributed by atoms with Gasteiger partial charge in [0.05, 0.1) is 34.6 Å². The molecule has 0 radical (unpaired) electrons. The van der Waals surface area contributed by atoms with Gasteiger partial charge in [-0.2, -0.15) is 0 Å². The first-order valence-electron chi connectivity index (χ1n) is 8.51. The summed E-state index contributed by atoms with van der Waals surface area (Å²) in [5.41, 5.74) is 0.164. The van der Waals surface area contributed by atoms with Gasteiger partial charge in [0.1, 0.15) is 5.75 Å². The molecule has 148 valence electrons. The summed E-state index contributed by atoms with van der Waals surface area (Å²) in [4.78, 5) is 34.1. The number of nitrogens with zero attached hydrogens (tertiary/aromatic N) is 1. The number of carboxylic acids is 1. The van der Waals surface area contributed by atoms with E-state index in [-0.39, 0.29) is 22.7 Å². The molecule has 2 N–H and O–H groups in total. The van der Waals surface area contributed by atoms with Gasteiger partial charge in [0.25, 0.3) is 11.6 Å². The van der Waals surface area contributed by atoms with Gasteiger partial charge in [0.15, 0.2) is 0 Å². The molecule has 2 aromatic rings. The molecule has 0 aliphatic carbocycles. The second-order valence-electron chi connectivity index (χ2n) is 5.96. The van der Waals surface area contributed by atoms with Crippen LogP contribution in [0.5, 0.6) is 5.75 Å². The van der Waals surface area contributed by atoms with Gasteiger partial charge in [-0.15, -0.1) is 0 Å². The molecule has 0 heterocycles. The summed E-state index contributed by atoms with van der Waals surface area (Å²) in [6.07, 6.45) is 0.483. The minimum atomic E-state index is -1.11. The Hall–Kier alpha value is -3.13. The largest absolute Gasteiger partial charge is 0.494 e. The zero-order valence-electron chi connectivity index (χ0n) is 15.1. The summed E-state index contributed by atoms with van der Waals surface area (Å²) in [6, 6.07) is 9.34. The van der Waals surface area contributed by atoms with Gasteiger partial charge >= 0.3 is 5.97 Å². The first-order chi connectivity index (χ1) is 13.3. The van der Waals surface area contributed by atoms with Crippen molar-refractivity contribution in [3.63, 3.8) is 0 Å². The van der Waals surface area contributed by atoms with Crippen LogP contribution in [0.3, 0.4) is 0 Å². The van der Waals surface area contributed by atoms with Crippen molar-refractivity contribution < 1.29 is 24.4 Å². The van der Waals surface area contributed by atoms with E-state index in [4.69, 9.17) is 16.3 Å². The number of carboxylic acid groups (broad SMARTS) is 1. The van der Waals surface area contributed by atoms with Gasteiger partial charge < -0.3 is 15.2 Å². The van der Waals surface area contributed by atoms with Crippen LogP contribution >= 0.6 is 11.6 Å². The zero-order valence-corrected chi connectivity index (χ0v) is 15.8. The Bertz CT molecular complexity index is 869. The van der Waals surface area contributed by atoms with Crippen LogP contribution in [0.15, 0.2) is 42.5 Å². The van der Waals surface area contributed by atoms with E-state index in [1.807, 2.05) is 6.92 Å². The Kier molecular flexibility index (Phi) is 7.34. The van der Waals surface area contributed by atoms with E-state index < -0.39 is 22.8 Å². The third-order valence-electron chi connectivity index (χ3n) is 3.84. The van der Waals surface area contributed by atoms with Crippen molar-refractivity contribution in [2.75, 3.05) is 6.61 Å². The molecule has 0 aliphatic rings. The number of non-ortho nitro benzene ring substituents is 1. The maximum atomic E-state index is 12.6. The molecule has 2 rings (SSSR count). The predicted octanol–water partition coefficient (Wildman–Crippen LogP) is 3.98. The summed E-state index contributed by atoms with van der Waals surface area (Å²) >= 11 is 5.98. The number of nitrogens with one attached hydrogen (secondary N) is 1. The molecule has 0 bridgehead atoms. The van der Waals surface area contributed by atoms with Crippen molar-refractivity contribution in [2.45, 2.75) is 25.8 Å². The van der Waals surface area contributed by atoms with Crippen molar-refractivity contribution in [3.8, 4) is 5.75 Å². The maximum absolute atomic E-state index is 12.6. The zero-order chi connectivity index (χ0) is 20.7. The van der Waals surface area contributed by atoms with Crippen molar-refractivity contribution >= 4 is 29.2 Å². The van der Waals surface area contributed by atoms with E-state index in [1.165, 1.54) is 12.1 Å². The van der Waals surface area contributed by atoms with Crippen LogP contribution in [0.4, 0.5) is 5.69 Å². The average Bonchev–Trinajstić information content (AvgIpc) is 2.66. The van der Waals surface area contributed by atoms with E-state index >= 15 is 0 Å². The molecule has 1 amide bonds. The van der Waals surface area contributed by atoms with E-state index in [0.29, 0.717) is 17.9 Å². The molecule has 2 aromatic carbocycles. The Morgan fingerprint density at radius 1 is 1.25 bits per heavy atom. The number of carbonyl (C=O) groups excluding carboxylic acids is 1. The smallest absolute Gasteiger partial charge is 0.305 e. The first-order valence-corrected chi connectivity index (χ1v) is 8.89. The second kappa shape index (κ2) is 9.70. The highest BCUT2D eigenvalue weighted by Gasteiger charge is 2.22. The number of hydrogen-bond acceptors (Lipinski definition) is 5. The van der Waals surface area contributed by atoms with Crippen LogP contribution in [0.25, 0.3) is 0 Å². The van der Waals surface area contributed by atoms with Crippen LogP contribution in [-0.2, 0) is 4.79 Å². The number of benzene rings is 2. The lowest BCUT2D eigenvalue weighted by atomic mass is 10.0. The Balaban J connectivity index is 2.24. The third kappa shape index (κ3) is 5.68. The lowest BCUT2D eigenvalue weighted by Crippen LogP contribution is -2.30. The molecule has 0 spiro atoms. The fourth-order valence-electron chi connectivity index (χ4n) is 2.48. The number of aliphatic carboxylic acids is 1. The van der Waals surface area contributed by atoms with Crippen LogP contribution in [-0.4, -0.2) is 28.5 Å². The lowest BCUT2D eigenvalue weighted by Gasteiger charge is -2.18. The minimum Gasteiger partial charge on any atom is -0.494 e. The quantitative estimate of drug-likeness (QED) is 0.480. The number of amides is 1. The van der Waals surface area contributed by atoms with E-state index in [1.54, 1.807) is 24.3 Å². The van der Waals surface area contributed by atoms with Crippen LogP contribution in [0.2, 0.25) is 5.02 Å². The molecule has 0 fully saturated rings. The number of ether oxygens (including phenoxy) is 1. The molecule has 0 aromatic heterocycles. The molecule has 0 unspecified atom stereocenters. The third-order valence-corrected chi connectivity index (χ3v) is 4.17. The molecule has 1 atom stereocenters. The number of nitro groups is 1. The standard InChI is InChI=1S/C19H19ClN2O6/c1-2-9-28-14-6-3-12(4-7-14)17(11-18(23)24)21-19(25)15-10-13(22(26)27)5-8-16(15)20/h3-8,10,17H,2,9,11H2,1H3,(H,21,25)(H,23,24)/t17-/m1/s1. The predicted molar refractivity (Wildman–Crippen MR) is 103 cm³/mol. The molecule has 28 heavy (non-hydrogen) atoms. The topological polar surface area (TPSA) is 119 Å². The highest BCUT2D eigenvalue weighted by molar-refractivity contribution is 6.34. The fourth-order valence-corrected chi connectivity index (χ4v) is 2.68. The number of carbonyl (C=O) groups is 2. The maximum Gasteiger partial charge on any atom is 0.305 e. The summed E-state index contributed by atoms with van der Waals surface area (Å²) in [7, 11) is 0. The Morgan fingerprint density at radius 2 is 1.93 bits per heavy atom. The van der Waals surface area contributed by atoms with Crippen LogP contribution in [0.1, 0.15) is 41.7 Å².